The summed E-state index contributed by atoms with van der Waals surface area (Å²) in [6.45, 7) is 5.70. The highest BCUT2D eigenvalue weighted by Gasteiger charge is 2.24. The lowest BCUT2D eigenvalue weighted by Gasteiger charge is -2.34. The molecule has 6 nitrogen and oxygen atoms in total. The van der Waals surface area contributed by atoms with E-state index in [9.17, 15) is 15.0 Å². The van der Waals surface area contributed by atoms with Crippen molar-refractivity contribution in [1.29, 1.82) is 0 Å². The van der Waals surface area contributed by atoms with Crippen molar-refractivity contribution in [3.05, 3.63) is 23.8 Å². The van der Waals surface area contributed by atoms with Gasteiger partial charge in [-0.3, -0.25) is 9.69 Å². The first-order valence-corrected chi connectivity index (χ1v) is 7.09. The summed E-state index contributed by atoms with van der Waals surface area (Å²) in [5, 5.41) is 19.5. The molecule has 1 aromatic rings. The minimum Gasteiger partial charge on any atom is -0.507 e. The van der Waals surface area contributed by atoms with Gasteiger partial charge >= 0.3 is 0 Å². The number of benzene rings is 1. The van der Waals surface area contributed by atoms with E-state index in [-0.39, 0.29) is 29.0 Å². The average Bonchev–Trinajstić information content (AvgIpc) is 2.47. The molecule has 1 aliphatic rings. The lowest BCUT2D eigenvalue weighted by molar-refractivity contribution is 0.0142. The van der Waals surface area contributed by atoms with E-state index >= 15 is 0 Å². The zero-order valence-corrected chi connectivity index (χ0v) is 12.5. The van der Waals surface area contributed by atoms with Crippen LogP contribution >= 0.6 is 0 Å². The summed E-state index contributed by atoms with van der Waals surface area (Å²) in [6.07, 6.45) is 0. The van der Waals surface area contributed by atoms with Gasteiger partial charge in [0.25, 0.3) is 5.91 Å². The van der Waals surface area contributed by atoms with Crippen LogP contribution in [0.25, 0.3) is 0 Å². The zero-order valence-electron chi connectivity index (χ0n) is 12.5. The van der Waals surface area contributed by atoms with Crippen LogP contribution in [0.3, 0.4) is 0 Å². The van der Waals surface area contributed by atoms with Crippen molar-refractivity contribution in [1.82, 2.24) is 9.80 Å². The van der Waals surface area contributed by atoms with E-state index < -0.39 is 0 Å². The first-order valence-electron chi connectivity index (χ1n) is 7.09. The number of hydrogen-bond acceptors (Lipinski definition) is 5. The molecule has 1 atom stereocenters. The summed E-state index contributed by atoms with van der Waals surface area (Å²) >= 11 is 0. The normalized spacial score (nSPS) is 17.4. The number of morpholine rings is 1. The maximum Gasteiger partial charge on any atom is 0.261 e. The largest absolute Gasteiger partial charge is 0.507 e. The average molecular weight is 294 g/mol. The van der Waals surface area contributed by atoms with Gasteiger partial charge in [0, 0.05) is 32.7 Å². The molecule has 116 valence electrons. The van der Waals surface area contributed by atoms with E-state index in [1.807, 2.05) is 0 Å². The van der Waals surface area contributed by atoms with Crippen LogP contribution in [0, 0.1) is 0 Å². The Kier molecular flexibility index (Phi) is 5.03. The van der Waals surface area contributed by atoms with Gasteiger partial charge in [-0.15, -0.1) is 0 Å². The quantitative estimate of drug-likeness (QED) is 0.863. The van der Waals surface area contributed by atoms with Crippen LogP contribution in [-0.4, -0.2) is 71.9 Å². The van der Waals surface area contributed by atoms with Gasteiger partial charge in [-0.2, -0.15) is 0 Å². The van der Waals surface area contributed by atoms with Crippen molar-refractivity contribution < 1.29 is 19.7 Å². The van der Waals surface area contributed by atoms with Crippen molar-refractivity contribution in [2.45, 2.75) is 13.0 Å². The number of phenolic OH excluding ortho intramolecular Hbond substituents is 2. The fourth-order valence-corrected chi connectivity index (χ4v) is 2.55. The fourth-order valence-electron chi connectivity index (χ4n) is 2.55. The molecule has 21 heavy (non-hydrogen) atoms. The molecule has 6 heteroatoms. The lowest BCUT2D eigenvalue weighted by atomic mass is 10.1. The molecule has 2 rings (SSSR count). The third-order valence-corrected chi connectivity index (χ3v) is 3.79. The number of carbonyl (C=O) groups is 1. The van der Waals surface area contributed by atoms with Gasteiger partial charge in [0.05, 0.1) is 13.2 Å². The topological polar surface area (TPSA) is 73.2 Å². The molecule has 1 unspecified atom stereocenters. The molecule has 1 saturated heterocycles. The molecule has 1 heterocycles. The molecule has 1 fully saturated rings. The van der Waals surface area contributed by atoms with E-state index in [0.717, 1.165) is 13.1 Å². The second-order valence-corrected chi connectivity index (χ2v) is 5.35. The Morgan fingerprint density at radius 3 is 2.48 bits per heavy atom. The van der Waals surface area contributed by atoms with Crippen molar-refractivity contribution in [2.24, 2.45) is 0 Å². The molecule has 0 aliphatic carbocycles. The van der Waals surface area contributed by atoms with Crippen molar-refractivity contribution in [2.75, 3.05) is 39.9 Å². The molecular formula is C15H22N2O4. The molecule has 1 amide bonds. The van der Waals surface area contributed by atoms with Crippen LogP contribution in [0.5, 0.6) is 11.5 Å². The Morgan fingerprint density at radius 2 is 1.90 bits per heavy atom. The molecule has 0 bridgehead atoms. The predicted octanol–water partition coefficient (Wildman–Crippen LogP) is 0.890. The van der Waals surface area contributed by atoms with Gasteiger partial charge in [-0.25, -0.2) is 0 Å². The Morgan fingerprint density at radius 1 is 1.33 bits per heavy atom. The summed E-state index contributed by atoms with van der Waals surface area (Å²) in [5.74, 6) is -0.789. The Balaban J connectivity index is 2.02. The van der Waals surface area contributed by atoms with Gasteiger partial charge in [-0.05, 0) is 19.1 Å². The van der Waals surface area contributed by atoms with Crippen LogP contribution in [0.2, 0.25) is 0 Å². The Bertz CT molecular complexity index is 480. The molecule has 2 N–H and O–H groups in total. The van der Waals surface area contributed by atoms with Crippen LogP contribution in [0.1, 0.15) is 17.3 Å². The summed E-state index contributed by atoms with van der Waals surface area (Å²) in [7, 11) is 1.67. The van der Waals surface area contributed by atoms with E-state index in [0.29, 0.717) is 19.8 Å². The highest BCUT2D eigenvalue weighted by Crippen LogP contribution is 2.27. The SMILES string of the molecule is CC(CN(C)C(=O)c1c(O)cccc1O)N1CCOCC1. The van der Waals surface area contributed by atoms with E-state index in [2.05, 4.69) is 11.8 Å². The summed E-state index contributed by atoms with van der Waals surface area (Å²) < 4.78 is 5.31. The Hall–Kier alpha value is -1.79. The predicted molar refractivity (Wildman–Crippen MR) is 78.6 cm³/mol. The molecule has 0 saturated carbocycles. The second-order valence-electron chi connectivity index (χ2n) is 5.35. The monoisotopic (exact) mass is 294 g/mol. The van der Waals surface area contributed by atoms with Gasteiger partial charge in [0.2, 0.25) is 0 Å². The maximum atomic E-state index is 12.4. The number of likely N-dealkylation sites (N-methyl/N-ethyl adjacent to an activating group) is 1. The minimum atomic E-state index is -0.384. The van der Waals surface area contributed by atoms with Crippen LogP contribution in [0.4, 0.5) is 0 Å². The van der Waals surface area contributed by atoms with E-state index in [4.69, 9.17) is 4.74 Å². The van der Waals surface area contributed by atoms with E-state index in [1.165, 1.54) is 23.1 Å². The molecule has 1 aromatic carbocycles. The van der Waals surface area contributed by atoms with Crippen molar-refractivity contribution >= 4 is 5.91 Å². The minimum absolute atomic E-state index is 0.0471. The lowest BCUT2D eigenvalue weighted by Crippen LogP contribution is -2.47. The van der Waals surface area contributed by atoms with Gasteiger partial charge in [-0.1, -0.05) is 6.07 Å². The van der Waals surface area contributed by atoms with Crippen LogP contribution in [0.15, 0.2) is 18.2 Å². The van der Waals surface area contributed by atoms with Crippen molar-refractivity contribution in [3.8, 4) is 11.5 Å². The number of nitrogens with zero attached hydrogens (tertiary/aromatic N) is 2. The van der Waals surface area contributed by atoms with Crippen LogP contribution < -0.4 is 0 Å². The smallest absolute Gasteiger partial charge is 0.261 e. The Labute approximate surface area is 124 Å². The number of phenols is 2. The number of amides is 1. The standard InChI is InChI=1S/C15H22N2O4/c1-11(17-6-8-21-9-7-17)10-16(2)15(20)14-12(18)4-3-5-13(14)19/h3-5,11,18-19H,6-10H2,1-2H3. The third-order valence-electron chi connectivity index (χ3n) is 3.79. The molecule has 0 aromatic heterocycles. The number of aromatic hydroxyl groups is 2. The van der Waals surface area contributed by atoms with Gasteiger partial charge in [0.1, 0.15) is 17.1 Å². The number of rotatable bonds is 4. The number of ether oxygens (including phenoxy) is 1. The summed E-state index contributed by atoms with van der Waals surface area (Å²) in [4.78, 5) is 16.2. The first kappa shape index (κ1) is 15.6. The zero-order chi connectivity index (χ0) is 15.4. The van der Waals surface area contributed by atoms with E-state index in [1.54, 1.807) is 7.05 Å². The summed E-state index contributed by atoms with van der Waals surface area (Å²) in [6, 6.07) is 4.48. The molecule has 0 radical (unpaired) electrons. The molecule has 1 aliphatic heterocycles. The highest BCUT2D eigenvalue weighted by molar-refractivity contribution is 5.99. The second kappa shape index (κ2) is 6.78. The number of hydrogen-bond donors (Lipinski definition) is 2. The summed E-state index contributed by atoms with van der Waals surface area (Å²) in [5.41, 5.74) is -0.0471. The first-order chi connectivity index (χ1) is 10.0. The fraction of sp³-hybridized carbons (Fsp3) is 0.533. The van der Waals surface area contributed by atoms with Gasteiger partial charge < -0.3 is 19.8 Å². The van der Waals surface area contributed by atoms with Crippen molar-refractivity contribution in [3.63, 3.8) is 0 Å². The third kappa shape index (κ3) is 3.65. The van der Waals surface area contributed by atoms with Gasteiger partial charge in [0.15, 0.2) is 0 Å². The maximum absolute atomic E-state index is 12.4. The molecule has 0 spiro atoms. The molecular weight excluding hydrogens is 272 g/mol. The number of carbonyl (C=O) groups excluding carboxylic acids is 1. The highest BCUT2D eigenvalue weighted by atomic mass is 16.5. The van der Waals surface area contributed by atoms with Crippen LogP contribution in [-0.2, 0) is 4.74 Å².